The zero-order valence-corrected chi connectivity index (χ0v) is 10.2. The van der Waals surface area contributed by atoms with Gasteiger partial charge in [-0.05, 0) is 6.07 Å². The Balaban J connectivity index is 2.96. The van der Waals surface area contributed by atoms with Crippen molar-refractivity contribution in [1.29, 1.82) is 0 Å². The Kier molecular flexibility index (Phi) is 5.19. The van der Waals surface area contributed by atoms with Crippen LogP contribution in [0.15, 0.2) is 23.1 Å². The monoisotopic (exact) mass is 275 g/mol. The van der Waals surface area contributed by atoms with Crippen molar-refractivity contribution in [2.24, 2.45) is 5.73 Å². The van der Waals surface area contributed by atoms with Crippen LogP contribution in [-0.4, -0.2) is 22.1 Å². The molecule has 0 fully saturated rings. The van der Waals surface area contributed by atoms with Gasteiger partial charge in [0.25, 0.3) is 11.4 Å². The molecular formula is C8H9N3O4S2. The summed E-state index contributed by atoms with van der Waals surface area (Å²) >= 11 is 0. The van der Waals surface area contributed by atoms with E-state index in [0.29, 0.717) is 17.2 Å². The third kappa shape index (κ3) is 3.88. The molecule has 2 N–H and O–H groups in total. The van der Waals surface area contributed by atoms with Crippen LogP contribution in [0.4, 0.5) is 11.4 Å². The molecule has 0 spiro atoms. The Hall–Kier alpha value is -1.32. The standard InChI is InChI=1S/C8H9N3O4S2/c9-3-4-16-17-8-2-1-6(10(12)13)5-7(8)11(14)15/h1-2,5H,3-4,9H2. The van der Waals surface area contributed by atoms with Crippen molar-refractivity contribution >= 4 is 33.0 Å². The number of benzene rings is 1. The maximum Gasteiger partial charge on any atom is 0.290 e. The van der Waals surface area contributed by atoms with Crippen molar-refractivity contribution in [3.8, 4) is 0 Å². The molecule has 0 saturated carbocycles. The van der Waals surface area contributed by atoms with E-state index in [9.17, 15) is 20.2 Å². The average molecular weight is 275 g/mol. The summed E-state index contributed by atoms with van der Waals surface area (Å²) < 4.78 is 0. The molecule has 1 rings (SSSR count). The van der Waals surface area contributed by atoms with Crippen LogP contribution in [0.5, 0.6) is 0 Å². The highest BCUT2D eigenvalue weighted by atomic mass is 33.1. The molecule has 0 aromatic heterocycles. The molecular weight excluding hydrogens is 266 g/mol. The van der Waals surface area contributed by atoms with E-state index in [-0.39, 0.29) is 11.4 Å². The number of hydrogen-bond acceptors (Lipinski definition) is 7. The second-order valence-corrected chi connectivity index (χ2v) is 5.32. The molecule has 92 valence electrons. The number of nitro groups is 2. The van der Waals surface area contributed by atoms with Gasteiger partial charge in [-0.2, -0.15) is 0 Å². The van der Waals surface area contributed by atoms with Crippen LogP contribution >= 0.6 is 21.6 Å². The Bertz CT molecular complexity index is 441. The molecule has 0 heterocycles. The minimum Gasteiger partial charge on any atom is -0.330 e. The fraction of sp³-hybridized carbons (Fsp3) is 0.250. The second kappa shape index (κ2) is 6.42. The quantitative estimate of drug-likeness (QED) is 0.366. The van der Waals surface area contributed by atoms with Crippen molar-refractivity contribution in [3.63, 3.8) is 0 Å². The van der Waals surface area contributed by atoms with Crippen LogP contribution < -0.4 is 5.73 Å². The largest absolute Gasteiger partial charge is 0.330 e. The topological polar surface area (TPSA) is 112 Å². The molecule has 1 aromatic carbocycles. The van der Waals surface area contributed by atoms with Crippen LogP contribution in [0, 0.1) is 20.2 Å². The van der Waals surface area contributed by atoms with E-state index in [1.165, 1.54) is 33.7 Å². The van der Waals surface area contributed by atoms with E-state index < -0.39 is 9.85 Å². The molecule has 0 saturated heterocycles. The lowest BCUT2D eigenvalue weighted by molar-refractivity contribution is -0.396. The summed E-state index contributed by atoms with van der Waals surface area (Å²) in [5, 5.41) is 21.3. The first-order valence-corrected chi connectivity index (χ1v) is 6.80. The van der Waals surface area contributed by atoms with E-state index in [1.54, 1.807) is 0 Å². The maximum absolute atomic E-state index is 10.8. The summed E-state index contributed by atoms with van der Waals surface area (Å²) in [6, 6.07) is 3.59. The molecule has 0 aliphatic heterocycles. The molecule has 7 nitrogen and oxygen atoms in total. The van der Waals surface area contributed by atoms with Gasteiger partial charge in [0.15, 0.2) is 0 Å². The molecule has 0 aliphatic carbocycles. The van der Waals surface area contributed by atoms with Crippen LogP contribution in [0.3, 0.4) is 0 Å². The van der Waals surface area contributed by atoms with E-state index in [0.717, 1.165) is 6.07 Å². The summed E-state index contributed by atoms with van der Waals surface area (Å²) in [5.41, 5.74) is 4.75. The smallest absolute Gasteiger partial charge is 0.290 e. The molecule has 1 aromatic rings. The lowest BCUT2D eigenvalue weighted by Gasteiger charge is -2.01. The van der Waals surface area contributed by atoms with E-state index in [1.807, 2.05) is 0 Å². The van der Waals surface area contributed by atoms with Gasteiger partial charge >= 0.3 is 0 Å². The number of rotatable bonds is 6. The summed E-state index contributed by atoms with van der Waals surface area (Å²) in [6.07, 6.45) is 0. The molecule has 9 heteroatoms. The highest BCUT2D eigenvalue weighted by Crippen LogP contribution is 2.38. The molecule has 0 aliphatic rings. The van der Waals surface area contributed by atoms with E-state index >= 15 is 0 Å². The highest BCUT2D eigenvalue weighted by molar-refractivity contribution is 8.76. The Morgan fingerprint density at radius 1 is 1.24 bits per heavy atom. The van der Waals surface area contributed by atoms with Gasteiger partial charge in [-0.1, -0.05) is 21.6 Å². The van der Waals surface area contributed by atoms with Crippen LogP contribution in [0.1, 0.15) is 0 Å². The van der Waals surface area contributed by atoms with Crippen molar-refractivity contribution in [2.75, 3.05) is 12.3 Å². The molecule has 17 heavy (non-hydrogen) atoms. The van der Waals surface area contributed by atoms with Crippen molar-refractivity contribution in [2.45, 2.75) is 4.90 Å². The summed E-state index contributed by atoms with van der Waals surface area (Å²) in [7, 11) is 2.56. The third-order valence-corrected chi connectivity index (χ3v) is 4.14. The number of hydrogen-bond donors (Lipinski definition) is 1. The fourth-order valence-corrected chi connectivity index (χ4v) is 2.98. The Labute approximate surface area is 104 Å². The lowest BCUT2D eigenvalue weighted by Crippen LogP contribution is -2.00. The zero-order chi connectivity index (χ0) is 12.8. The van der Waals surface area contributed by atoms with Gasteiger partial charge < -0.3 is 5.73 Å². The van der Waals surface area contributed by atoms with E-state index in [2.05, 4.69) is 0 Å². The summed E-state index contributed by atoms with van der Waals surface area (Å²) in [4.78, 5) is 20.4. The first kappa shape index (κ1) is 13.7. The van der Waals surface area contributed by atoms with Crippen LogP contribution in [0.2, 0.25) is 0 Å². The van der Waals surface area contributed by atoms with E-state index in [4.69, 9.17) is 5.73 Å². The minimum absolute atomic E-state index is 0.256. The van der Waals surface area contributed by atoms with Crippen LogP contribution in [-0.2, 0) is 0 Å². The van der Waals surface area contributed by atoms with Gasteiger partial charge in [-0.3, -0.25) is 20.2 Å². The van der Waals surface area contributed by atoms with Gasteiger partial charge in [0.05, 0.1) is 20.8 Å². The number of non-ortho nitro benzene ring substituents is 1. The Morgan fingerprint density at radius 2 is 1.94 bits per heavy atom. The molecule has 0 amide bonds. The first-order chi connectivity index (χ1) is 8.06. The predicted molar refractivity (Wildman–Crippen MR) is 67.1 cm³/mol. The minimum atomic E-state index is -0.658. The molecule has 0 radical (unpaired) electrons. The van der Waals surface area contributed by atoms with Crippen LogP contribution in [0.25, 0.3) is 0 Å². The van der Waals surface area contributed by atoms with Crippen molar-refractivity contribution in [3.05, 3.63) is 38.4 Å². The average Bonchev–Trinajstić information content (AvgIpc) is 2.29. The number of nitrogens with zero attached hydrogens (tertiary/aromatic N) is 2. The van der Waals surface area contributed by atoms with Gasteiger partial charge in [-0.15, -0.1) is 0 Å². The lowest BCUT2D eigenvalue weighted by atomic mass is 10.3. The maximum atomic E-state index is 10.8. The number of nitro benzene ring substituents is 2. The predicted octanol–water partition coefficient (Wildman–Crippen LogP) is 2.20. The van der Waals surface area contributed by atoms with Gasteiger partial charge in [0, 0.05) is 18.4 Å². The SMILES string of the molecule is NCCSSc1ccc([N+](=O)[O-])cc1[N+](=O)[O-]. The third-order valence-electron chi connectivity index (χ3n) is 1.70. The second-order valence-electron chi connectivity index (χ2n) is 2.86. The van der Waals surface area contributed by atoms with Gasteiger partial charge in [0.2, 0.25) is 0 Å². The normalized spacial score (nSPS) is 10.2. The molecule has 0 bridgehead atoms. The molecule has 0 unspecified atom stereocenters. The summed E-state index contributed by atoms with van der Waals surface area (Å²) in [5.74, 6) is 0.652. The first-order valence-electron chi connectivity index (χ1n) is 4.48. The summed E-state index contributed by atoms with van der Waals surface area (Å²) in [6.45, 7) is 0.471. The van der Waals surface area contributed by atoms with Crippen molar-refractivity contribution < 1.29 is 9.85 Å². The highest BCUT2D eigenvalue weighted by Gasteiger charge is 2.19. The fourth-order valence-electron chi connectivity index (χ4n) is 0.986. The Morgan fingerprint density at radius 3 is 2.47 bits per heavy atom. The molecule has 0 atom stereocenters. The zero-order valence-electron chi connectivity index (χ0n) is 8.57. The van der Waals surface area contributed by atoms with Crippen molar-refractivity contribution in [1.82, 2.24) is 0 Å². The van der Waals surface area contributed by atoms with Gasteiger partial charge in [0.1, 0.15) is 0 Å². The van der Waals surface area contributed by atoms with Gasteiger partial charge in [-0.25, -0.2) is 0 Å². The number of nitrogens with two attached hydrogens (primary N) is 1.